The Hall–Kier alpha value is -0.800. The minimum absolute atomic E-state index is 0.00580. The highest BCUT2D eigenvalue weighted by Crippen LogP contribution is 2.20. The zero-order valence-electron chi connectivity index (χ0n) is 11.1. The Kier molecular flexibility index (Phi) is 7.31. The highest BCUT2D eigenvalue weighted by Gasteiger charge is 2.20. The zero-order chi connectivity index (χ0) is 15.0. The van der Waals surface area contributed by atoms with Gasteiger partial charge in [0.15, 0.2) is 0 Å². The lowest BCUT2D eigenvalue weighted by atomic mass is 10.3. The molecule has 0 radical (unpaired) electrons. The molecule has 4 N–H and O–H groups in total. The molecular weight excluding hydrogens is 300 g/mol. The van der Waals surface area contributed by atoms with E-state index in [1.165, 1.54) is 11.8 Å². The Morgan fingerprint density at radius 1 is 1.20 bits per heavy atom. The van der Waals surface area contributed by atoms with E-state index in [0.29, 0.717) is 11.4 Å². The molecule has 20 heavy (non-hydrogen) atoms. The molecule has 1 aromatic rings. The predicted molar refractivity (Wildman–Crippen MR) is 81.1 cm³/mol. The Labute approximate surface area is 123 Å². The Morgan fingerprint density at radius 3 is 2.40 bits per heavy atom. The second-order valence-corrected chi connectivity index (χ2v) is 7.34. The van der Waals surface area contributed by atoms with Gasteiger partial charge in [-0.1, -0.05) is 6.07 Å². The van der Waals surface area contributed by atoms with Gasteiger partial charge in [-0.25, -0.2) is 8.42 Å². The van der Waals surface area contributed by atoms with Gasteiger partial charge in [0.2, 0.25) is 10.0 Å². The van der Waals surface area contributed by atoms with Gasteiger partial charge in [0, 0.05) is 29.4 Å². The fourth-order valence-electron chi connectivity index (χ4n) is 1.61. The quantitative estimate of drug-likeness (QED) is 0.436. The molecule has 1 rings (SSSR count). The van der Waals surface area contributed by atoms with Gasteiger partial charge >= 0.3 is 0 Å². The number of hydrogen-bond donors (Lipinski definition) is 3. The van der Waals surface area contributed by atoms with Crippen LogP contribution in [0.15, 0.2) is 29.2 Å². The zero-order valence-corrected chi connectivity index (χ0v) is 12.7. The second kappa shape index (κ2) is 8.48. The summed E-state index contributed by atoms with van der Waals surface area (Å²) in [4.78, 5) is 0.913. The van der Waals surface area contributed by atoms with Crippen LogP contribution in [-0.4, -0.2) is 60.7 Å². The van der Waals surface area contributed by atoms with Crippen LogP contribution in [0, 0.1) is 0 Å². The molecule has 0 aliphatic heterocycles. The first kappa shape index (κ1) is 17.3. The van der Waals surface area contributed by atoms with Crippen molar-refractivity contribution in [1.82, 2.24) is 4.31 Å². The summed E-state index contributed by atoms with van der Waals surface area (Å²) in [5.41, 5.74) is 6.29. The number of hydrogen-bond acceptors (Lipinski definition) is 6. The average Bonchev–Trinajstić information content (AvgIpc) is 2.38. The van der Waals surface area contributed by atoms with Crippen LogP contribution < -0.4 is 5.73 Å². The topological polar surface area (TPSA) is 104 Å². The number of nitrogens with two attached hydrogens (primary N) is 1. The van der Waals surface area contributed by atoms with Crippen molar-refractivity contribution >= 4 is 27.5 Å². The van der Waals surface area contributed by atoms with E-state index in [1.54, 1.807) is 12.1 Å². The number of nitrogen functional groups attached to an aromatic ring is 1. The average molecular weight is 320 g/mol. The van der Waals surface area contributed by atoms with Gasteiger partial charge in [-0.05, 0) is 18.2 Å². The molecule has 0 heterocycles. The third-order valence-electron chi connectivity index (χ3n) is 2.56. The monoisotopic (exact) mass is 320 g/mol. The van der Waals surface area contributed by atoms with Crippen molar-refractivity contribution in [3.63, 3.8) is 0 Å². The lowest BCUT2D eigenvalue weighted by Gasteiger charge is -2.20. The third-order valence-corrected chi connectivity index (χ3v) is 5.69. The maximum absolute atomic E-state index is 12.0. The van der Waals surface area contributed by atoms with Gasteiger partial charge in [-0.3, -0.25) is 0 Å². The summed E-state index contributed by atoms with van der Waals surface area (Å²) in [5, 5.41) is 17.7. The van der Waals surface area contributed by atoms with Gasteiger partial charge in [0.25, 0.3) is 0 Å². The van der Waals surface area contributed by atoms with Gasteiger partial charge in [0.05, 0.1) is 19.0 Å². The number of aliphatic hydroxyl groups excluding tert-OH is 2. The summed E-state index contributed by atoms with van der Waals surface area (Å²) in [6.45, 7) is -0.513. The van der Waals surface area contributed by atoms with E-state index >= 15 is 0 Å². The number of nitrogens with zero attached hydrogens (tertiary/aromatic N) is 1. The van der Waals surface area contributed by atoms with Crippen molar-refractivity contribution in [2.75, 3.05) is 43.5 Å². The maximum Gasteiger partial charge on any atom is 0.215 e. The molecule has 0 bridgehead atoms. The molecule has 0 spiro atoms. The van der Waals surface area contributed by atoms with Crippen LogP contribution >= 0.6 is 11.8 Å². The fourth-order valence-corrected chi connectivity index (χ4v) is 4.39. The SMILES string of the molecule is Nc1cccc(SCCS(=O)(=O)N(CCO)CCO)c1. The smallest absolute Gasteiger partial charge is 0.215 e. The van der Waals surface area contributed by atoms with E-state index < -0.39 is 10.0 Å². The second-order valence-electron chi connectivity index (χ2n) is 4.08. The molecule has 0 aliphatic rings. The fraction of sp³-hybridized carbons (Fsp3) is 0.500. The van der Waals surface area contributed by atoms with E-state index in [2.05, 4.69) is 0 Å². The molecule has 8 heteroatoms. The first-order valence-electron chi connectivity index (χ1n) is 6.17. The molecule has 0 amide bonds. The first-order chi connectivity index (χ1) is 9.49. The van der Waals surface area contributed by atoms with Crippen molar-refractivity contribution in [2.45, 2.75) is 4.90 Å². The highest BCUT2D eigenvalue weighted by molar-refractivity contribution is 8.00. The summed E-state index contributed by atoms with van der Waals surface area (Å²) in [6, 6.07) is 7.24. The Balaban J connectivity index is 2.53. The molecule has 0 unspecified atom stereocenters. The summed E-state index contributed by atoms with van der Waals surface area (Å²) in [7, 11) is -3.47. The molecule has 0 aromatic heterocycles. The first-order valence-corrected chi connectivity index (χ1v) is 8.77. The van der Waals surface area contributed by atoms with Gasteiger partial charge < -0.3 is 15.9 Å². The largest absolute Gasteiger partial charge is 0.399 e. The third kappa shape index (κ3) is 5.68. The number of rotatable bonds is 9. The minimum atomic E-state index is -3.47. The minimum Gasteiger partial charge on any atom is -0.399 e. The van der Waals surface area contributed by atoms with E-state index in [9.17, 15) is 8.42 Å². The van der Waals surface area contributed by atoms with E-state index in [1.807, 2.05) is 12.1 Å². The number of benzene rings is 1. The Morgan fingerprint density at radius 2 is 1.85 bits per heavy atom. The number of aliphatic hydroxyl groups is 2. The van der Waals surface area contributed by atoms with Crippen LogP contribution in [0.5, 0.6) is 0 Å². The molecule has 114 valence electrons. The number of anilines is 1. The molecule has 0 fully saturated rings. The molecule has 0 saturated heterocycles. The standard InChI is InChI=1S/C12H20N2O4S2/c13-11-2-1-3-12(10-11)19-8-9-20(17,18)14(4-6-15)5-7-16/h1-3,10,15-16H,4-9,13H2. The van der Waals surface area contributed by atoms with Gasteiger partial charge in [-0.15, -0.1) is 11.8 Å². The van der Waals surface area contributed by atoms with E-state index in [-0.39, 0.29) is 32.1 Å². The van der Waals surface area contributed by atoms with Crippen LogP contribution in [-0.2, 0) is 10.0 Å². The molecule has 6 nitrogen and oxygen atoms in total. The molecule has 0 aliphatic carbocycles. The van der Waals surface area contributed by atoms with Crippen LogP contribution in [0.2, 0.25) is 0 Å². The number of sulfonamides is 1. The summed E-state index contributed by atoms with van der Waals surface area (Å²) in [6.07, 6.45) is 0. The highest BCUT2D eigenvalue weighted by atomic mass is 32.2. The molecule has 0 saturated carbocycles. The summed E-state index contributed by atoms with van der Waals surface area (Å²) >= 11 is 1.40. The molecule has 1 aromatic carbocycles. The van der Waals surface area contributed by atoms with Crippen molar-refractivity contribution in [3.05, 3.63) is 24.3 Å². The van der Waals surface area contributed by atoms with Crippen molar-refractivity contribution in [3.8, 4) is 0 Å². The van der Waals surface area contributed by atoms with Gasteiger partial charge in [-0.2, -0.15) is 4.31 Å². The van der Waals surface area contributed by atoms with Crippen molar-refractivity contribution < 1.29 is 18.6 Å². The van der Waals surface area contributed by atoms with Crippen molar-refractivity contribution in [2.24, 2.45) is 0 Å². The van der Waals surface area contributed by atoms with Crippen LogP contribution in [0.1, 0.15) is 0 Å². The normalized spacial score (nSPS) is 11.9. The summed E-state index contributed by atoms with van der Waals surface area (Å²) in [5.74, 6) is 0.339. The van der Waals surface area contributed by atoms with Crippen LogP contribution in [0.25, 0.3) is 0 Å². The lowest BCUT2D eigenvalue weighted by Crippen LogP contribution is -2.37. The molecular formula is C12H20N2O4S2. The van der Waals surface area contributed by atoms with Crippen LogP contribution in [0.4, 0.5) is 5.69 Å². The lowest BCUT2D eigenvalue weighted by molar-refractivity contribution is 0.217. The predicted octanol–water partition coefficient (Wildman–Crippen LogP) is -0.0227. The Bertz CT molecular complexity index is 502. The van der Waals surface area contributed by atoms with Gasteiger partial charge in [0.1, 0.15) is 0 Å². The van der Waals surface area contributed by atoms with Crippen molar-refractivity contribution in [1.29, 1.82) is 0 Å². The van der Waals surface area contributed by atoms with Crippen LogP contribution in [0.3, 0.4) is 0 Å². The maximum atomic E-state index is 12.0. The summed E-state index contributed by atoms with van der Waals surface area (Å²) < 4.78 is 25.2. The van der Waals surface area contributed by atoms with E-state index in [0.717, 1.165) is 9.20 Å². The van der Waals surface area contributed by atoms with E-state index in [4.69, 9.17) is 15.9 Å². The number of thioether (sulfide) groups is 1. The molecule has 0 atom stereocenters.